The van der Waals surface area contributed by atoms with Crippen molar-refractivity contribution >= 4 is 11.8 Å². The average Bonchev–Trinajstić information content (AvgIpc) is 2.33. The SMILES string of the molecule is Cc1ccc(O[C@H]2SC[C@@H](O)[C@H](O)[C@H]2O)cn1. The van der Waals surface area contributed by atoms with E-state index in [4.69, 9.17) is 4.74 Å². The first-order valence-corrected chi connectivity index (χ1v) is 6.38. The molecular weight excluding hydrogens is 242 g/mol. The molecule has 1 aliphatic heterocycles. The van der Waals surface area contributed by atoms with Crippen molar-refractivity contribution in [2.45, 2.75) is 30.7 Å². The average molecular weight is 257 g/mol. The number of pyridine rings is 1. The molecule has 1 aliphatic rings. The van der Waals surface area contributed by atoms with Gasteiger partial charge in [0.15, 0.2) is 5.44 Å². The normalized spacial score (nSPS) is 33.4. The molecular formula is C11H15NO4S. The van der Waals surface area contributed by atoms with Gasteiger partial charge in [0, 0.05) is 11.4 Å². The van der Waals surface area contributed by atoms with Crippen molar-refractivity contribution in [3.63, 3.8) is 0 Å². The van der Waals surface area contributed by atoms with Gasteiger partial charge in [-0.2, -0.15) is 0 Å². The number of ether oxygens (including phenoxy) is 1. The highest BCUT2D eigenvalue weighted by Gasteiger charge is 2.38. The topological polar surface area (TPSA) is 82.8 Å². The van der Waals surface area contributed by atoms with Gasteiger partial charge in [-0.05, 0) is 19.1 Å². The molecule has 0 radical (unpaired) electrons. The van der Waals surface area contributed by atoms with Crippen LogP contribution < -0.4 is 4.74 Å². The number of thioether (sulfide) groups is 1. The van der Waals surface area contributed by atoms with E-state index >= 15 is 0 Å². The Morgan fingerprint density at radius 1 is 1.29 bits per heavy atom. The summed E-state index contributed by atoms with van der Waals surface area (Å²) in [6, 6.07) is 3.56. The van der Waals surface area contributed by atoms with E-state index in [1.807, 2.05) is 6.92 Å². The van der Waals surface area contributed by atoms with Crippen LogP contribution in [0.5, 0.6) is 5.75 Å². The summed E-state index contributed by atoms with van der Waals surface area (Å²) in [5.74, 6) is 0.873. The summed E-state index contributed by atoms with van der Waals surface area (Å²) in [5, 5.41) is 28.6. The summed E-state index contributed by atoms with van der Waals surface area (Å²) in [7, 11) is 0. The van der Waals surface area contributed by atoms with Crippen LogP contribution in [0.25, 0.3) is 0 Å². The van der Waals surface area contributed by atoms with Crippen LogP contribution in [-0.2, 0) is 0 Å². The van der Waals surface area contributed by atoms with E-state index < -0.39 is 23.7 Å². The molecule has 0 bridgehead atoms. The predicted molar refractivity (Wildman–Crippen MR) is 63.9 cm³/mol. The highest BCUT2D eigenvalue weighted by molar-refractivity contribution is 7.99. The first-order valence-electron chi connectivity index (χ1n) is 5.33. The summed E-state index contributed by atoms with van der Waals surface area (Å²) in [6.45, 7) is 1.87. The second-order valence-electron chi connectivity index (χ2n) is 4.00. The summed E-state index contributed by atoms with van der Waals surface area (Å²) >= 11 is 1.27. The number of aryl methyl sites for hydroxylation is 1. The molecule has 1 aromatic heterocycles. The zero-order chi connectivity index (χ0) is 12.4. The van der Waals surface area contributed by atoms with Gasteiger partial charge in [0.05, 0.1) is 12.3 Å². The first-order chi connectivity index (χ1) is 8.08. The lowest BCUT2D eigenvalue weighted by molar-refractivity contribution is -0.0786. The molecule has 1 fully saturated rings. The van der Waals surface area contributed by atoms with Gasteiger partial charge in [0.25, 0.3) is 0 Å². The van der Waals surface area contributed by atoms with Crippen molar-refractivity contribution in [2.75, 3.05) is 5.75 Å². The smallest absolute Gasteiger partial charge is 0.173 e. The van der Waals surface area contributed by atoms with Crippen LogP contribution in [0.1, 0.15) is 5.69 Å². The first kappa shape index (κ1) is 12.6. The van der Waals surface area contributed by atoms with E-state index in [9.17, 15) is 15.3 Å². The number of aliphatic hydroxyl groups excluding tert-OH is 3. The van der Waals surface area contributed by atoms with Crippen LogP contribution in [0.15, 0.2) is 18.3 Å². The van der Waals surface area contributed by atoms with Gasteiger partial charge in [-0.25, -0.2) is 0 Å². The Bertz CT molecular complexity index is 372. The lowest BCUT2D eigenvalue weighted by Gasteiger charge is -2.34. The van der Waals surface area contributed by atoms with Crippen molar-refractivity contribution in [3.8, 4) is 5.75 Å². The molecule has 0 amide bonds. The molecule has 0 aromatic carbocycles. The molecule has 94 valence electrons. The molecule has 5 nitrogen and oxygen atoms in total. The molecule has 17 heavy (non-hydrogen) atoms. The third-order valence-electron chi connectivity index (χ3n) is 2.59. The summed E-state index contributed by atoms with van der Waals surface area (Å²) in [4.78, 5) is 4.08. The molecule has 0 aliphatic carbocycles. The lowest BCUT2D eigenvalue weighted by Crippen LogP contribution is -2.50. The maximum Gasteiger partial charge on any atom is 0.173 e. The molecule has 0 spiro atoms. The minimum absolute atomic E-state index is 0.335. The number of aromatic nitrogens is 1. The fraction of sp³-hybridized carbons (Fsp3) is 0.545. The van der Waals surface area contributed by atoms with E-state index in [0.29, 0.717) is 11.5 Å². The second-order valence-corrected chi connectivity index (χ2v) is 5.13. The van der Waals surface area contributed by atoms with Gasteiger partial charge in [-0.15, -0.1) is 11.8 Å². The quantitative estimate of drug-likeness (QED) is 0.687. The highest BCUT2D eigenvalue weighted by Crippen LogP contribution is 2.28. The highest BCUT2D eigenvalue weighted by atomic mass is 32.2. The lowest BCUT2D eigenvalue weighted by atomic mass is 10.1. The van der Waals surface area contributed by atoms with Crippen molar-refractivity contribution in [1.29, 1.82) is 0 Å². The van der Waals surface area contributed by atoms with E-state index in [0.717, 1.165) is 5.69 Å². The van der Waals surface area contributed by atoms with Crippen molar-refractivity contribution in [3.05, 3.63) is 24.0 Å². The number of hydrogen-bond donors (Lipinski definition) is 3. The minimum atomic E-state index is -1.17. The van der Waals surface area contributed by atoms with Crippen LogP contribution in [0.4, 0.5) is 0 Å². The molecule has 3 N–H and O–H groups in total. The van der Waals surface area contributed by atoms with Gasteiger partial charge in [0.2, 0.25) is 0 Å². The Morgan fingerprint density at radius 3 is 2.71 bits per heavy atom. The van der Waals surface area contributed by atoms with Gasteiger partial charge in [-0.1, -0.05) is 0 Å². The maximum absolute atomic E-state index is 9.75. The molecule has 1 saturated heterocycles. The Morgan fingerprint density at radius 2 is 2.06 bits per heavy atom. The van der Waals surface area contributed by atoms with Crippen molar-refractivity contribution in [1.82, 2.24) is 4.98 Å². The minimum Gasteiger partial charge on any atom is -0.475 e. The van der Waals surface area contributed by atoms with E-state index in [1.54, 1.807) is 18.3 Å². The third-order valence-corrected chi connectivity index (χ3v) is 3.83. The largest absolute Gasteiger partial charge is 0.475 e. The van der Waals surface area contributed by atoms with E-state index in [2.05, 4.69) is 4.98 Å². The Kier molecular flexibility index (Phi) is 3.88. The molecule has 0 unspecified atom stereocenters. The Balaban J connectivity index is 2.01. The van der Waals surface area contributed by atoms with Crippen LogP contribution in [0.3, 0.4) is 0 Å². The van der Waals surface area contributed by atoms with Crippen LogP contribution in [-0.4, -0.2) is 49.8 Å². The van der Waals surface area contributed by atoms with Gasteiger partial charge >= 0.3 is 0 Å². The van der Waals surface area contributed by atoms with Gasteiger partial charge in [-0.3, -0.25) is 4.98 Å². The van der Waals surface area contributed by atoms with E-state index in [1.165, 1.54) is 11.8 Å². The molecule has 2 heterocycles. The van der Waals surface area contributed by atoms with Gasteiger partial charge < -0.3 is 20.1 Å². The second kappa shape index (κ2) is 5.22. The molecule has 6 heteroatoms. The number of hydrogen-bond acceptors (Lipinski definition) is 6. The summed E-state index contributed by atoms with van der Waals surface area (Å²) < 4.78 is 5.52. The van der Waals surface area contributed by atoms with Crippen LogP contribution in [0.2, 0.25) is 0 Å². The molecule has 2 rings (SSSR count). The molecule has 0 saturated carbocycles. The standard InChI is InChI=1S/C11H15NO4S/c1-6-2-3-7(4-12-6)16-11-10(15)9(14)8(13)5-17-11/h2-4,8-11,13-15H,5H2,1H3/t8-,9+,10-,11+/m1/s1. The number of aliphatic hydroxyl groups is 3. The third kappa shape index (κ3) is 2.90. The number of nitrogens with zero attached hydrogens (tertiary/aromatic N) is 1. The summed E-state index contributed by atoms with van der Waals surface area (Å²) in [6.07, 6.45) is -1.62. The van der Waals surface area contributed by atoms with Crippen LogP contribution in [0, 0.1) is 6.92 Å². The van der Waals surface area contributed by atoms with E-state index in [-0.39, 0.29) is 0 Å². The zero-order valence-electron chi connectivity index (χ0n) is 9.35. The Hall–Kier alpha value is -0.820. The monoisotopic (exact) mass is 257 g/mol. The number of rotatable bonds is 2. The Labute approximate surface area is 103 Å². The maximum atomic E-state index is 9.75. The van der Waals surface area contributed by atoms with Crippen molar-refractivity contribution < 1.29 is 20.1 Å². The van der Waals surface area contributed by atoms with Crippen molar-refractivity contribution in [2.24, 2.45) is 0 Å². The zero-order valence-corrected chi connectivity index (χ0v) is 10.2. The predicted octanol–water partition coefficient (Wildman–Crippen LogP) is -0.0756. The molecule has 4 atom stereocenters. The van der Waals surface area contributed by atoms with Crippen LogP contribution >= 0.6 is 11.8 Å². The molecule has 1 aromatic rings. The fourth-order valence-corrected chi connectivity index (χ4v) is 2.66. The fourth-order valence-electron chi connectivity index (χ4n) is 1.54. The summed E-state index contributed by atoms with van der Waals surface area (Å²) in [5.41, 5.74) is 0.294. The van der Waals surface area contributed by atoms with Gasteiger partial charge in [0.1, 0.15) is 18.0 Å².